The molecule has 122 valence electrons. The maximum Gasteiger partial charge on any atom is 0.231 e. The van der Waals surface area contributed by atoms with Crippen LogP contribution in [-0.4, -0.2) is 22.6 Å². The molecule has 1 amide bonds. The van der Waals surface area contributed by atoms with Crippen LogP contribution >= 0.6 is 22.9 Å². The number of thiophene rings is 1. The first-order chi connectivity index (χ1) is 11.7. The van der Waals surface area contributed by atoms with Crippen LogP contribution in [-0.2, 0) is 11.2 Å². The molecule has 1 saturated heterocycles. The molecule has 1 unspecified atom stereocenters. The fourth-order valence-corrected chi connectivity index (χ4v) is 3.79. The van der Waals surface area contributed by atoms with E-state index in [2.05, 4.69) is 10.1 Å². The van der Waals surface area contributed by atoms with Crippen LogP contribution in [0.25, 0.3) is 0 Å². The van der Waals surface area contributed by atoms with Gasteiger partial charge in [-0.05, 0) is 23.6 Å². The minimum Gasteiger partial charge on any atom is -0.339 e. The van der Waals surface area contributed by atoms with Crippen LogP contribution in [0, 0.1) is 0 Å². The number of carbonyl (C=O) groups excluding carboxylic acids is 1. The lowest BCUT2D eigenvalue weighted by atomic mass is 10.1. The van der Waals surface area contributed by atoms with Crippen molar-refractivity contribution in [2.45, 2.75) is 18.8 Å². The highest BCUT2D eigenvalue weighted by molar-refractivity contribution is 7.09. The van der Waals surface area contributed by atoms with Crippen LogP contribution in [0.15, 0.2) is 46.3 Å². The van der Waals surface area contributed by atoms with E-state index in [1.807, 2.05) is 35.7 Å². The van der Waals surface area contributed by atoms with Crippen LogP contribution in [0.1, 0.15) is 28.9 Å². The van der Waals surface area contributed by atoms with Gasteiger partial charge in [-0.15, -0.1) is 11.3 Å². The van der Waals surface area contributed by atoms with Crippen LogP contribution in [0.4, 0.5) is 5.69 Å². The Morgan fingerprint density at radius 3 is 2.96 bits per heavy atom. The Hall–Kier alpha value is -2.18. The Labute approximate surface area is 147 Å². The van der Waals surface area contributed by atoms with Crippen LogP contribution in [0.3, 0.4) is 0 Å². The SMILES string of the molecule is O=C1CC(c2noc(Cc3cccs3)n2)CN1c1ccccc1Cl. The van der Waals surface area contributed by atoms with E-state index in [1.54, 1.807) is 22.3 Å². The Kier molecular flexibility index (Phi) is 4.08. The molecule has 0 saturated carbocycles. The number of anilines is 1. The van der Waals surface area contributed by atoms with Crippen molar-refractivity contribution in [1.82, 2.24) is 10.1 Å². The third-order valence-corrected chi connectivity index (χ3v) is 5.22. The van der Waals surface area contributed by atoms with Gasteiger partial charge in [0.1, 0.15) is 0 Å². The Morgan fingerprint density at radius 2 is 2.17 bits per heavy atom. The minimum absolute atomic E-state index is 0.0257. The highest BCUT2D eigenvalue weighted by Crippen LogP contribution is 2.34. The lowest BCUT2D eigenvalue weighted by molar-refractivity contribution is -0.117. The number of hydrogen-bond acceptors (Lipinski definition) is 5. The molecule has 7 heteroatoms. The molecular formula is C17H14ClN3O2S. The number of rotatable bonds is 4. The summed E-state index contributed by atoms with van der Waals surface area (Å²) in [6.07, 6.45) is 0.989. The van der Waals surface area contributed by atoms with Gasteiger partial charge in [0.05, 0.1) is 17.1 Å². The van der Waals surface area contributed by atoms with Gasteiger partial charge in [-0.1, -0.05) is 35.0 Å². The van der Waals surface area contributed by atoms with E-state index in [1.165, 1.54) is 4.88 Å². The molecule has 2 aromatic heterocycles. The number of aromatic nitrogens is 2. The van der Waals surface area contributed by atoms with Gasteiger partial charge < -0.3 is 9.42 Å². The highest BCUT2D eigenvalue weighted by Gasteiger charge is 2.35. The van der Waals surface area contributed by atoms with E-state index in [-0.39, 0.29) is 11.8 Å². The number of halogens is 1. The van der Waals surface area contributed by atoms with Crippen molar-refractivity contribution in [3.05, 3.63) is 63.4 Å². The van der Waals surface area contributed by atoms with Crippen molar-refractivity contribution in [3.63, 3.8) is 0 Å². The maximum atomic E-state index is 12.4. The van der Waals surface area contributed by atoms with Gasteiger partial charge in [-0.2, -0.15) is 4.98 Å². The first-order valence-electron chi connectivity index (χ1n) is 7.60. The molecule has 1 aliphatic rings. The number of para-hydroxylation sites is 1. The summed E-state index contributed by atoms with van der Waals surface area (Å²) in [7, 11) is 0. The van der Waals surface area contributed by atoms with Crippen LogP contribution in [0.5, 0.6) is 0 Å². The predicted octanol–water partition coefficient (Wildman–Crippen LogP) is 3.90. The molecule has 1 atom stereocenters. The summed E-state index contributed by atoms with van der Waals surface area (Å²) in [4.78, 5) is 19.7. The van der Waals surface area contributed by atoms with E-state index in [9.17, 15) is 4.79 Å². The summed E-state index contributed by atoms with van der Waals surface area (Å²) < 4.78 is 5.34. The minimum atomic E-state index is -0.0744. The molecule has 3 aromatic rings. The molecular weight excluding hydrogens is 346 g/mol. The van der Waals surface area contributed by atoms with Gasteiger partial charge in [-0.25, -0.2) is 0 Å². The lowest BCUT2D eigenvalue weighted by Crippen LogP contribution is -2.24. The smallest absolute Gasteiger partial charge is 0.231 e. The number of hydrogen-bond donors (Lipinski definition) is 0. The molecule has 0 aliphatic carbocycles. The monoisotopic (exact) mass is 359 g/mol. The quantitative estimate of drug-likeness (QED) is 0.709. The highest BCUT2D eigenvalue weighted by atomic mass is 35.5. The second-order valence-corrected chi connectivity index (χ2v) is 7.10. The zero-order chi connectivity index (χ0) is 16.5. The Morgan fingerprint density at radius 1 is 1.29 bits per heavy atom. The van der Waals surface area contributed by atoms with Gasteiger partial charge in [0.25, 0.3) is 0 Å². The molecule has 0 spiro atoms. The molecule has 1 aliphatic heterocycles. The molecule has 0 N–H and O–H groups in total. The zero-order valence-electron chi connectivity index (χ0n) is 12.7. The molecule has 0 radical (unpaired) electrons. The van der Waals surface area contributed by atoms with Crippen LogP contribution < -0.4 is 4.90 Å². The predicted molar refractivity (Wildman–Crippen MR) is 92.6 cm³/mol. The molecule has 3 heterocycles. The van der Waals surface area contributed by atoms with E-state index in [0.29, 0.717) is 36.1 Å². The van der Waals surface area contributed by atoms with Gasteiger partial charge in [0.2, 0.25) is 11.8 Å². The van der Waals surface area contributed by atoms with Crippen molar-refractivity contribution >= 4 is 34.5 Å². The van der Waals surface area contributed by atoms with Crippen molar-refractivity contribution in [2.24, 2.45) is 0 Å². The molecule has 5 nitrogen and oxygen atoms in total. The van der Waals surface area contributed by atoms with E-state index < -0.39 is 0 Å². The second kappa shape index (κ2) is 6.37. The first kappa shape index (κ1) is 15.4. The Bertz CT molecular complexity index is 862. The van der Waals surface area contributed by atoms with Crippen molar-refractivity contribution in [2.75, 3.05) is 11.4 Å². The number of nitrogens with zero attached hydrogens (tertiary/aromatic N) is 3. The standard InChI is InChI=1S/C17H14ClN3O2S/c18-13-5-1-2-6-14(13)21-10-11(8-16(21)22)17-19-15(23-20-17)9-12-4-3-7-24-12/h1-7,11H,8-10H2. The number of benzene rings is 1. The average molecular weight is 360 g/mol. The fourth-order valence-electron chi connectivity index (χ4n) is 2.85. The largest absolute Gasteiger partial charge is 0.339 e. The van der Waals surface area contributed by atoms with Crippen molar-refractivity contribution < 1.29 is 9.32 Å². The summed E-state index contributed by atoms with van der Waals surface area (Å²) in [5, 5.41) is 6.66. The van der Waals surface area contributed by atoms with Gasteiger partial charge in [-0.3, -0.25) is 4.79 Å². The molecule has 24 heavy (non-hydrogen) atoms. The summed E-state index contributed by atoms with van der Waals surface area (Å²) in [6.45, 7) is 0.514. The van der Waals surface area contributed by atoms with E-state index >= 15 is 0 Å². The number of carbonyl (C=O) groups is 1. The number of amides is 1. The zero-order valence-corrected chi connectivity index (χ0v) is 14.3. The summed E-state index contributed by atoms with van der Waals surface area (Å²) in [6, 6.07) is 11.4. The second-order valence-electron chi connectivity index (χ2n) is 5.66. The summed E-state index contributed by atoms with van der Waals surface area (Å²) in [5.74, 6) is 1.12. The third kappa shape index (κ3) is 2.95. The van der Waals surface area contributed by atoms with Crippen molar-refractivity contribution in [3.8, 4) is 0 Å². The molecule has 4 rings (SSSR count). The molecule has 1 aromatic carbocycles. The first-order valence-corrected chi connectivity index (χ1v) is 8.86. The average Bonchev–Trinajstić information content (AvgIpc) is 3.30. The normalized spacial score (nSPS) is 17.6. The van der Waals surface area contributed by atoms with Gasteiger partial charge in [0, 0.05) is 23.8 Å². The van der Waals surface area contributed by atoms with E-state index in [0.717, 1.165) is 5.69 Å². The topological polar surface area (TPSA) is 59.2 Å². The summed E-state index contributed by atoms with van der Waals surface area (Å²) >= 11 is 7.86. The van der Waals surface area contributed by atoms with Gasteiger partial charge >= 0.3 is 0 Å². The van der Waals surface area contributed by atoms with Gasteiger partial charge in [0.15, 0.2) is 5.82 Å². The maximum absolute atomic E-state index is 12.4. The third-order valence-electron chi connectivity index (χ3n) is 4.02. The fraction of sp³-hybridized carbons (Fsp3) is 0.235. The van der Waals surface area contributed by atoms with Crippen LogP contribution in [0.2, 0.25) is 5.02 Å². The molecule has 0 bridgehead atoms. The Balaban J connectivity index is 1.51. The lowest BCUT2D eigenvalue weighted by Gasteiger charge is -2.17. The summed E-state index contributed by atoms with van der Waals surface area (Å²) in [5.41, 5.74) is 0.731. The van der Waals surface area contributed by atoms with Crippen molar-refractivity contribution in [1.29, 1.82) is 0 Å². The molecule has 1 fully saturated rings. The van der Waals surface area contributed by atoms with E-state index in [4.69, 9.17) is 16.1 Å².